The van der Waals surface area contributed by atoms with E-state index in [-0.39, 0.29) is 5.41 Å². The van der Waals surface area contributed by atoms with Crippen molar-refractivity contribution in [2.45, 2.75) is 37.5 Å². The molecule has 0 N–H and O–H groups in total. The average Bonchev–Trinajstić information content (AvgIpc) is 3.44. The highest BCUT2D eigenvalue weighted by Gasteiger charge is 2.35. The number of hydrogen-bond acceptors (Lipinski definition) is 3. The van der Waals surface area contributed by atoms with Crippen LogP contribution in [0.5, 0.6) is 0 Å². The third-order valence-electron chi connectivity index (χ3n) is 9.22. The molecular weight excluding hydrogens is 524 g/mol. The summed E-state index contributed by atoms with van der Waals surface area (Å²) in [5.41, 5.74) is 8.94. The molecule has 0 aliphatic heterocycles. The highest BCUT2D eigenvalue weighted by atomic mass is 15.1. The first kappa shape index (κ1) is 25.6. The van der Waals surface area contributed by atoms with Crippen LogP contribution in [0.1, 0.15) is 43.2 Å². The molecule has 1 aliphatic carbocycles. The Labute approximate surface area is 251 Å². The Morgan fingerprint density at radius 3 is 2.02 bits per heavy atom. The van der Waals surface area contributed by atoms with E-state index in [4.69, 9.17) is 9.97 Å². The monoisotopic (exact) mass is 556 g/mol. The molecule has 4 nitrogen and oxygen atoms in total. The zero-order chi connectivity index (χ0) is 28.6. The van der Waals surface area contributed by atoms with Crippen molar-refractivity contribution in [3.63, 3.8) is 0 Å². The third kappa shape index (κ3) is 4.42. The Morgan fingerprint density at radius 1 is 0.512 bits per heavy atom. The Kier molecular flexibility index (Phi) is 6.33. The summed E-state index contributed by atoms with van der Waals surface area (Å²) in [4.78, 5) is 14.6. The molecule has 0 bridgehead atoms. The fourth-order valence-corrected chi connectivity index (χ4v) is 7.11. The fraction of sp³-hybridized carbons (Fsp3) is 0.154. The first-order chi connectivity index (χ1) is 21.3. The van der Waals surface area contributed by atoms with Crippen LogP contribution in [-0.2, 0) is 5.41 Å². The van der Waals surface area contributed by atoms with Gasteiger partial charge in [-0.05, 0) is 60.4 Å². The summed E-state index contributed by atoms with van der Waals surface area (Å²) in [5.74, 6) is 0.866. The highest BCUT2D eigenvalue weighted by molar-refractivity contribution is 6.08. The Bertz CT molecular complexity index is 2000. The molecule has 0 saturated heterocycles. The molecule has 0 radical (unpaired) electrons. The van der Waals surface area contributed by atoms with Gasteiger partial charge < -0.3 is 0 Å². The zero-order valence-corrected chi connectivity index (χ0v) is 24.0. The van der Waals surface area contributed by atoms with Crippen molar-refractivity contribution >= 4 is 21.8 Å². The summed E-state index contributed by atoms with van der Waals surface area (Å²) in [7, 11) is 0. The number of benzene rings is 3. The van der Waals surface area contributed by atoms with Crippen molar-refractivity contribution in [3.05, 3.63) is 145 Å². The van der Waals surface area contributed by atoms with E-state index < -0.39 is 0 Å². The van der Waals surface area contributed by atoms with Gasteiger partial charge in [0.25, 0.3) is 0 Å². The predicted octanol–water partition coefficient (Wildman–Crippen LogP) is 9.55. The van der Waals surface area contributed by atoms with Crippen molar-refractivity contribution in [2.75, 3.05) is 0 Å². The van der Waals surface area contributed by atoms with Gasteiger partial charge in [-0.2, -0.15) is 0 Å². The van der Waals surface area contributed by atoms with Gasteiger partial charge in [0.1, 0.15) is 5.82 Å². The zero-order valence-electron chi connectivity index (χ0n) is 24.0. The molecule has 7 aromatic rings. The molecular formula is C39H32N4. The second-order valence-electron chi connectivity index (χ2n) is 11.6. The lowest BCUT2D eigenvalue weighted by Crippen LogP contribution is -2.30. The average molecular weight is 557 g/mol. The van der Waals surface area contributed by atoms with Gasteiger partial charge in [0, 0.05) is 34.1 Å². The molecule has 1 aliphatic rings. The molecule has 43 heavy (non-hydrogen) atoms. The topological polar surface area (TPSA) is 43.6 Å². The van der Waals surface area contributed by atoms with E-state index >= 15 is 0 Å². The van der Waals surface area contributed by atoms with Crippen LogP contribution in [0.15, 0.2) is 134 Å². The molecule has 8 rings (SSSR count). The van der Waals surface area contributed by atoms with E-state index in [1.54, 1.807) is 0 Å². The van der Waals surface area contributed by atoms with Crippen LogP contribution in [0, 0.1) is 0 Å². The number of hydrogen-bond donors (Lipinski definition) is 0. The molecule has 208 valence electrons. The van der Waals surface area contributed by atoms with E-state index in [9.17, 15) is 0 Å². The summed E-state index contributed by atoms with van der Waals surface area (Å²) in [6, 6.07) is 43.1. The van der Waals surface area contributed by atoms with Crippen molar-refractivity contribution in [1.29, 1.82) is 0 Å². The van der Waals surface area contributed by atoms with Crippen molar-refractivity contribution in [2.24, 2.45) is 0 Å². The molecule has 0 atom stereocenters. The van der Waals surface area contributed by atoms with Crippen molar-refractivity contribution < 1.29 is 0 Å². The number of rotatable bonds is 5. The summed E-state index contributed by atoms with van der Waals surface area (Å²) in [5, 5.41) is 2.29. The SMILES string of the molecule is c1ccc(C2(c3ccc(-c4cccc(-c5cccc(-n6c7ccccc7c7cnccc76)n5)n4)cc3)CCCCC2)cc1. The smallest absolute Gasteiger partial charge is 0.138 e. The number of aromatic nitrogens is 4. The van der Waals surface area contributed by atoms with Gasteiger partial charge in [0.15, 0.2) is 0 Å². The molecule has 0 unspecified atom stereocenters. The second-order valence-corrected chi connectivity index (χ2v) is 11.6. The van der Waals surface area contributed by atoms with Gasteiger partial charge in [-0.1, -0.05) is 104 Å². The van der Waals surface area contributed by atoms with Gasteiger partial charge in [-0.15, -0.1) is 0 Å². The molecule has 1 saturated carbocycles. The number of fused-ring (bicyclic) bond motifs is 3. The lowest BCUT2D eigenvalue weighted by atomic mass is 9.65. The normalized spacial score (nSPS) is 14.7. The standard InChI is InChI=1S/C39H32N4/c1-3-11-29(12-4-1)39(24-7-2-8-25-39)30-21-19-28(20-22-30)33-14-9-15-34(41-33)35-16-10-18-38(42-35)43-36-17-6-5-13-31(36)32-27-40-26-23-37(32)43/h1,3-6,9-23,26-27H,2,7-8,24-25H2. The summed E-state index contributed by atoms with van der Waals surface area (Å²) in [6.07, 6.45) is 10.1. The van der Waals surface area contributed by atoms with Crippen LogP contribution in [0.3, 0.4) is 0 Å². The summed E-state index contributed by atoms with van der Waals surface area (Å²) >= 11 is 0. The predicted molar refractivity (Wildman–Crippen MR) is 175 cm³/mol. The van der Waals surface area contributed by atoms with Crippen molar-refractivity contribution in [3.8, 4) is 28.5 Å². The van der Waals surface area contributed by atoms with E-state index in [2.05, 4.69) is 119 Å². The third-order valence-corrected chi connectivity index (χ3v) is 9.22. The molecule has 1 fully saturated rings. The van der Waals surface area contributed by atoms with Gasteiger partial charge in [0.05, 0.1) is 28.1 Å². The number of nitrogens with zero attached hydrogens (tertiary/aromatic N) is 4. The van der Waals surface area contributed by atoms with E-state index in [1.165, 1.54) is 48.6 Å². The lowest BCUT2D eigenvalue weighted by Gasteiger charge is -2.38. The van der Waals surface area contributed by atoms with Crippen LogP contribution in [-0.4, -0.2) is 19.5 Å². The first-order valence-corrected chi connectivity index (χ1v) is 15.2. The largest absolute Gasteiger partial charge is 0.294 e. The number of para-hydroxylation sites is 1. The maximum absolute atomic E-state index is 5.12. The fourth-order valence-electron chi connectivity index (χ4n) is 7.11. The minimum Gasteiger partial charge on any atom is -0.294 e. The second kappa shape index (κ2) is 10.6. The van der Waals surface area contributed by atoms with Crippen molar-refractivity contribution in [1.82, 2.24) is 19.5 Å². The molecule has 4 heterocycles. The molecule has 0 amide bonds. The molecule has 3 aromatic carbocycles. The minimum atomic E-state index is 0.0978. The first-order valence-electron chi connectivity index (χ1n) is 15.2. The summed E-state index contributed by atoms with van der Waals surface area (Å²) in [6.45, 7) is 0. The Balaban J connectivity index is 1.15. The summed E-state index contributed by atoms with van der Waals surface area (Å²) < 4.78 is 2.21. The van der Waals surface area contributed by atoms with Gasteiger partial charge in [-0.25, -0.2) is 9.97 Å². The van der Waals surface area contributed by atoms with Crippen LogP contribution in [0.25, 0.3) is 50.3 Å². The van der Waals surface area contributed by atoms with Crippen LogP contribution in [0.2, 0.25) is 0 Å². The van der Waals surface area contributed by atoms with Crippen LogP contribution >= 0.6 is 0 Å². The van der Waals surface area contributed by atoms with Crippen LogP contribution < -0.4 is 0 Å². The quantitative estimate of drug-likeness (QED) is 0.212. The Hall–Kier alpha value is -5.09. The minimum absolute atomic E-state index is 0.0978. The van der Waals surface area contributed by atoms with Gasteiger partial charge >= 0.3 is 0 Å². The van der Waals surface area contributed by atoms with Gasteiger partial charge in [0.2, 0.25) is 0 Å². The lowest BCUT2D eigenvalue weighted by molar-refractivity contribution is 0.346. The van der Waals surface area contributed by atoms with E-state index in [0.717, 1.165) is 44.9 Å². The van der Waals surface area contributed by atoms with E-state index in [1.807, 2.05) is 24.5 Å². The number of pyridine rings is 3. The molecule has 4 aromatic heterocycles. The molecule has 0 spiro atoms. The maximum Gasteiger partial charge on any atom is 0.138 e. The maximum atomic E-state index is 5.12. The van der Waals surface area contributed by atoms with Gasteiger partial charge in [-0.3, -0.25) is 9.55 Å². The van der Waals surface area contributed by atoms with Crippen LogP contribution in [0.4, 0.5) is 0 Å². The molecule has 4 heteroatoms. The van der Waals surface area contributed by atoms with E-state index in [0.29, 0.717) is 0 Å². The Morgan fingerprint density at radius 2 is 1.19 bits per heavy atom. The highest BCUT2D eigenvalue weighted by Crippen LogP contribution is 2.45.